The second kappa shape index (κ2) is 14.6. The van der Waals surface area contributed by atoms with E-state index in [0.29, 0.717) is 19.0 Å². The highest BCUT2D eigenvalue weighted by atomic mass is 127. The maximum Gasteiger partial charge on any atom is 0.244 e. The van der Waals surface area contributed by atoms with Gasteiger partial charge >= 0.3 is 0 Å². The van der Waals surface area contributed by atoms with Gasteiger partial charge in [-0.3, -0.25) is 9.78 Å². The zero-order chi connectivity index (χ0) is 21.8. The van der Waals surface area contributed by atoms with E-state index >= 15 is 0 Å². The first-order valence-electron chi connectivity index (χ1n) is 10.3. The molecule has 0 atom stereocenters. The SMILES string of the molecule is CCNC(=NCC(=O)N(C)CCc1ccccn1)NCCc1ccc(C)c(OC)c1.I. The first-order valence-corrected chi connectivity index (χ1v) is 10.3. The number of amides is 1. The third kappa shape index (κ3) is 9.54. The molecule has 7 nitrogen and oxygen atoms in total. The molecule has 170 valence electrons. The van der Waals surface area contributed by atoms with Crippen molar-refractivity contribution in [2.45, 2.75) is 26.7 Å². The minimum atomic E-state index is -0.0218. The fourth-order valence-corrected chi connectivity index (χ4v) is 2.91. The summed E-state index contributed by atoms with van der Waals surface area (Å²) in [5.41, 5.74) is 3.28. The van der Waals surface area contributed by atoms with E-state index in [1.54, 1.807) is 25.3 Å². The summed E-state index contributed by atoms with van der Waals surface area (Å²) in [5.74, 6) is 1.52. The van der Waals surface area contributed by atoms with E-state index in [0.717, 1.165) is 36.4 Å². The number of methoxy groups -OCH3 is 1. The van der Waals surface area contributed by atoms with Crippen LogP contribution in [-0.4, -0.2) is 62.1 Å². The van der Waals surface area contributed by atoms with Gasteiger partial charge in [-0.05, 0) is 49.6 Å². The van der Waals surface area contributed by atoms with Crippen LogP contribution < -0.4 is 15.4 Å². The van der Waals surface area contributed by atoms with Gasteiger partial charge in [0.1, 0.15) is 12.3 Å². The van der Waals surface area contributed by atoms with Crippen molar-refractivity contribution in [3.63, 3.8) is 0 Å². The van der Waals surface area contributed by atoms with Crippen LogP contribution in [-0.2, 0) is 17.6 Å². The lowest BCUT2D eigenvalue weighted by Crippen LogP contribution is -2.39. The molecule has 0 aliphatic carbocycles. The second-order valence-electron chi connectivity index (χ2n) is 7.06. The normalized spacial score (nSPS) is 10.8. The second-order valence-corrected chi connectivity index (χ2v) is 7.06. The number of nitrogens with one attached hydrogen (secondary N) is 2. The molecule has 0 aliphatic heterocycles. The Kier molecular flexibility index (Phi) is 12.6. The Balaban J connectivity index is 0.00000480. The quantitative estimate of drug-likeness (QED) is 0.276. The van der Waals surface area contributed by atoms with Crippen LogP contribution in [0.4, 0.5) is 0 Å². The van der Waals surface area contributed by atoms with Gasteiger partial charge in [0.05, 0.1) is 7.11 Å². The maximum absolute atomic E-state index is 12.4. The Labute approximate surface area is 202 Å². The van der Waals surface area contributed by atoms with Crippen LogP contribution in [0.2, 0.25) is 0 Å². The first-order chi connectivity index (χ1) is 14.5. The first kappa shape index (κ1) is 26.7. The molecule has 8 heteroatoms. The van der Waals surface area contributed by atoms with Crippen molar-refractivity contribution in [3.05, 3.63) is 59.4 Å². The molecule has 0 aliphatic rings. The number of rotatable bonds is 10. The molecule has 1 aromatic heterocycles. The summed E-state index contributed by atoms with van der Waals surface area (Å²) >= 11 is 0. The van der Waals surface area contributed by atoms with Gasteiger partial charge in [0.2, 0.25) is 5.91 Å². The number of likely N-dealkylation sites (N-methyl/N-ethyl adjacent to an activating group) is 1. The number of benzene rings is 1. The minimum Gasteiger partial charge on any atom is -0.496 e. The van der Waals surface area contributed by atoms with Crippen LogP contribution in [0.1, 0.15) is 23.7 Å². The molecule has 2 N–H and O–H groups in total. The van der Waals surface area contributed by atoms with E-state index in [-0.39, 0.29) is 36.4 Å². The molecular formula is C23H34IN5O2. The Hall–Kier alpha value is -2.36. The Morgan fingerprint density at radius 1 is 1.19 bits per heavy atom. The van der Waals surface area contributed by atoms with Gasteiger partial charge in [0.15, 0.2) is 5.96 Å². The highest BCUT2D eigenvalue weighted by Gasteiger charge is 2.09. The molecule has 2 aromatic rings. The van der Waals surface area contributed by atoms with E-state index in [2.05, 4.69) is 38.8 Å². The fraction of sp³-hybridized carbons (Fsp3) is 0.435. The Morgan fingerprint density at radius 2 is 2.00 bits per heavy atom. The monoisotopic (exact) mass is 539 g/mol. The number of halogens is 1. The molecular weight excluding hydrogens is 505 g/mol. The number of carbonyl (C=O) groups is 1. The molecule has 0 spiro atoms. The van der Waals surface area contributed by atoms with E-state index in [1.807, 2.05) is 32.0 Å². The van der Waals surface area contributed by atoms with E-state index in [1.165, 1.54) is 5.56 Å². The molecule has 1 heterocycles. The van der Waals surface area contributed by atoms with Crippen LogP contribution in [0, 0.1) is 6.92 Å². The lowest BCUT2D eigenvalue weighted by molar-refractivity contribution is -0.128. The van der Waals surface area contributed by atoms with Gasteiger partial charge in [-0.15, -0.1) is 24.0 Å². The highest BCUT2D eigenvalue weighted by molar-refractivity contribution is 14.0. The zero-order valence-corrected chi connectivity index (χ0v) is 21.2. The van der Waals surface area contributed by atoms with Gasteiger partial charge in [-0.25, -0.2) is 4.99 Å². The number of hydrogen-bond acceptors (Lipinski definition) is 4. The Bertz CT molecular complexity index is 830. The van der Waals surface area contributed by atoms with Crippen molar-refractivity contribution < 1.29 is 9.53 Å². The predicted molar refractivity (Wildman–Crippen MR) is 136 cm³/mol. The van der Waals surface area contributed by atoms with Gasteiger partial charge in [-0.2, -0.15) is 0 Å². The molecule has 0 fully saturated rings. The summed E-state index contributed by atoms with van der Waals surface area (Å²) in [6, 6.07) is 12.0. The summed E-state index contributed by atoms with van der Waals surface area (Å²) in [6.07, 6.45) is 3.33. The number of guanidine groups is 1. The number of hydrogen-bond donors (Lipinski definition) is 2. The number of pyridine rings is 1. The fourth-order valence-electron chi connectivity index (χ4n) is 2.91. The van der Waals surface area contributed by atoms with Crippen LogP contribution in [0.25, 0.3) is 0 Å². The van der Waals surface area contributed by atoms with Crippen LogP contribution >= 0.6 is 24.0 Å². The van der Waals surface area contributed by atoms with Crippen LogP contribution in [0.5, 0.6) is 5.75 Å². The molecule has 1 amide bonds. The number of aryl methyl sites for hydroxylation is 1. The molecule has 2 rings (SSSR count). The predicted octanol–water partition coefficient (Wildman–Crippen LogP) is 2.82. The number of nitrogens with zero attached hydrogens (tertiary/aromatic N) is 3. The van der Waals surface area contributed by atoms with Gasteiger partial charge in [-0.1, -0.05) is 18.2 Å². The summed E-state index contributed by atoms with van der Waals surface area (Å²) in [5, 5.41) is 6.48. The smallest absolute Gasteiger partial charge is 0.244 e. The number of carbonyl (C=O) groups excluding carboxylic acids is 1. The van der Waals surface area contributed by atoms with E-state index in [4.69, 9.17) is 4.74 Å². The van der Waals surface area contributed by atoms with Crippen LogP contribution in [0.15, 0.2) is 47.6 Å². The average molecular weight is 539 g/mol. The minimum absolute atomic E-state index is 0. The lowest BCUT2D eigenvalue weighted by atomic mass is 10.1. The summed E-state index contributed by atoms with van der Waals surface area (Å²) in [6.45, 7) is 6.19. The third-order valence-electron chi connectivity index (χ3n) is 4.75. The summed E-state index contributed by atoms with van der Waals surface area (Å²) in [7, 11) is 3.48. The molecule has 0 bridgehead atoms. The van der Waals surface area contributed by atoms with E-state index in [9.17, 15) is 4.79 Å². The van der Waals surface area contributed by atoms with Crippen molar-refractivity contribution in [2.24, 2.45) is 4.99 Å². The van der Waals surface area contributed by atoms with Crippen molar-refractivity contribution in [1.82, 2.24) is 20.5 Å². The standard InChI is InChI=1S/C23H33N5O2.HI/c1-5-24-23(26-14-11-19-10-9-18(2)21(16-19)30-4)27-17-22(29)28(3)15-12-20-8-6-7-13-25-20;/h6-10,13,16H,5,11-12,14-15,17H2,1-4H3,(H2,24,26,27);1H. The van der Waals surface area contributed by atoms with Crippen molar-refractivity contribution in [3.8, 4) is 5.75 Å². The third-order valence-corrected chi connectivity index (χ3v) is 4.75. The molecule has 0 saturated heterocycles. The molecule has 0 saturated carbocycles. The van der Waals surface area contributed by atoms with E-state index < -0.39 is 0 Å². The number of aliphatic imine (C=N–C) groups is 1. The molecule has 1 aromatic carbocycles. The average Bonchev–Trinajstić information content (AvgIpc) is 2.77. The lowest BCUT2D eigenvalue weighted by Gasteiger charge is -2.17. The van der Waals surface area contributed by atoms with Crippen molar-refractivity contribution in [2.75, 3.05) is 40.3 Å². The van der Waals surface area contributed by atoms with Gasteiger partial charge < -0.3 is 20.3 Å². The highest BCUT2D eigenvalue weighted by Crippen LogP contribution is 2.18. The Morgan fingerprint density at radius 3 is 2.68 bits per heavy atom. The van der Waals surface area contributed by atoms with Gasteiger partial charge in [0.25, 0.3) is 0 Å². The van der Waals surface area contributed by atoms with Gasteiger partial charge in [0, 0.05) is 45.0 Å². The van der Waals surface area contributed by atoms with Crippen molar-refractivity contribution >= 4 is 35.8 Å². The molecule has 31 heavy (non-hydrogen) atoms. The summed E-state index contributed by atoms with van der Waals surface area (Å²) in [4.78, 5) is 22.8. The topological polar surface area (TPSA) is 78.9 Å². The number of aromatic nitrogens is 1. The summed E-state index contributed by atoms with van der Waals surface area (Å²) < 4.78 is 5.38. The molecule has 0 unspecified atom stereocenters. The zero-order valence-electron chi connectivity index (χ0n) is 18.9. The number of ether oxygens (including phenoxy) is 1. The molecule has 0 radical (unpaired) electrons. The largest absolute Gasteiger partial charge is 0.496 e. The van der Waals surface area contributed by atoms with Crippen LogP contribution in [0.3, 0.4) is 0 Å². The maximum atomic E-state index is 12.4. The van der Waals surface area contributed by atoms with Crippen molar-refractivity contribution in [1.29, 1.82) is 0 Å².